The molecule has 0 radical (unpaired) electrons. The highest BCUT2D eigenvalue weighted by Crippen LogP contribution is 2.30. The van der Waals surface area contributed by atoms with Crippen LogP contribution in [0.15, 0.2) is 18.2 Å². The first-order chi connectivity index (χ1) is 8.06. The molecule has 5 heteroatoms. The average molecular weight is 350 g/mol. The Morgan fingerprint density at radius 3 is 2.71 bits per heavy atom. The molecule has 0 saturated carbocycles. The molecule has 0 aliphatic rings. The SMILES string of the molecule is CCC(I)Oc1ccc(CC(=O)O)cc1OC. The van der Waals surface area contributed by atoms with Crippen LogP contribution >= 0.6 is 22.6 Å². The topological polar surface area (TPSA) is 55.8 Å². The lowest BCUT2D eigenvalue weighted by atomic mass is 10.1. The van der Waals surface area contributed by atoms with Crippen LogP contribution in [0.1, 0.15) is 18.9 Å². The lowest BCUT2D eigenvalue weighted by molar-refractivity contribution is -0.136. The number of hydrogen-bond donors (Lipinski definition) is 1. The molecule has 1 aromatic carbocycles. The molecular weight excluding hydrogens is 335 g/mol. The van der Waals surface area contributed by atoms with Crippen molar-refractivity contribution in [1.29, 1.82) is 0 Å². The first kappa shape index (κ1) is 14.1. The van der Waals surface area contributed by atoms with E-state index in [4.69, 9.17) is 14.6 Å². The van der Waals surface area contributed by atoms with Crippen molar-refractivity contribution in [2.45, 2.75) is 23.9 Å². The molecule has 0 amide bonds. The van der Waals surface area contributed by atoms with Crippen LogP contribution in [0.2, 0.25) is 0 Å². The van der Waals surface area contributed by atoms with Crippen molar-refractivity contribution < 1.29 is 19.4 Å². The molecule has 0 bridgehead atoms. The number of carbonyl (C=O) groups is 1. The molecule has 17 heavy (non-hydrogen) atoms. The largest absolute Gasteiger partial charge is 0.493 e. The Balaban J connectivity index is 2.88. The van der Waals surface area contributed by atoms with E-state index in [9.17, 15) is 4.79 Å². The van der Waals surface area contributed by atoms with Crippen LogP contribution in [-0.2, 0) is 11.2 Å². The summed E-state index contributed by atoms with van der Waals surface area (Å²) in [6, 6.07) is 5.19. The van der Waals surface area contributed by atoms with Crippen LogP contribution in [0.25, 0.3) is 0 Å². The van der Waals surface area contributed by atoms with E-state index in [1.807, 2.05) is 6.92 Å². The summed E-state index contributed by atoms with van der Waals surface area (Å²) in [5.41, 5.74) is 0.697. The van der Waals surface area contributed by atoms with E-state index in [0.717, 1.165) is 6.42 Å². The summed E-state index contributed by atoms with van der Waals surface area (Å²) in [5.74, 6) is 0.350. The highest BCUT2D eigenvalue weighted by molar-refractivity contribution is 14.1. The van der Waals surface area contributed by atoms with Gasteiger partial charge in [0, 0.05) is 0 Å². The fourth-order valence-corrected chi connectivity index (χ4v) is 1.59. The Morgan fingerprint density at radius 2 is 2.18 bits per heavy atom. The number of rotatable bonds is 6. The molecule has 0 fully saturated rings. The smallest absolute Gasteiger partial charge is 0.307 e. The third kappa shape index (κ3) is 4.41. The number of halogens is 1. The third-order valence-corrected chi connectivity index (χ3v) is 3.29. The van der Waals surface area contributed by atoms with E-state index in [-0.39, 0.29) is 10.5 Å². The van der Waals surface area contributed by atoms with Gasteiger partial charge in [0.15, 0.2) is 11.5 Å². The molecular formula is C12H15IO4. The van der Waals surface area contributed by atoms with Gasteiger partial charge in [0.05, 0.1) is 13.5 Å². The first-order valence-corrected chi connectivity index (χ1v) is 6.50. The lowest BCUT2D eigenvalue weighted by Crippen LogP contribution is -2.07. The van der Waals surface area contributed by atoms with Crippen molar-refractivity contribution >= 4 is 28.6 Å². The molecule has 0 aromatic heterocycles. The van der Waals surface area contributed by atoms with Crippen LogP contribution in [0.5, 0.6) is 11.5 Å². The molecule has 1 rings (SSSR count). The van der Waals surface area contributed by atoms with E-state index in [0.29, 0.717) is 17.1 Å². The van der Waals surface area contributed by atoms with Crippen molar-refractivity contribution in [3.05, 3.63) is 23.8 Å². The van der Waals surface area contributed by atoms with Crippen molar-refractivity contribution in [3.8, 4) is 11.5 Å². The second-order valence-corrected chi connectivity index (χ2v) is 4.88. The third-order valence-electron chi connectivity index (χ3n) is 2.16. The fraction of sp³-hybridized carbons (Fsp3) is 0.417. The van der Waals surface area contributed by atoms with Crippen LogP contribution < -0.4 is 9.47 Å². The van der Waals surface area contributed by atoms with Crippen LogP contribution in [-0.4, -0.2) is 22.3 Å². The maximum atomic E-state index is 10.6. The number of hydrogen-bond acceptors (Lipinski definition) is 3. The minimum Gasteiger partial charge on any atom is -0.493 e. The maximum Gasteiger partial charge on any atom is 0.307 e. The van der Waals surface area contributed by atoms with Gasteiger partial charge in [-0.25, -0.2) is 0 Å². The number of aliphatic carboxylic acids is 1. The molecule has 0 spiro atoms. The van der Waals surface area contributed by atoms with E-state index >= 15 is 0 Å². The zero-order chi connectivity index (χ0) is 12.8. The van der Waals surface area contributed by atoms with Crippen molar-refractivity contribution in [2.24, 2.45) is 0 Å². The Hall–Kier alpha value is -0.980. The Kier molecular flexibility index (Phi) is 5.54. The second kappa shape index (κ2) is 6.68. The van der Waals surface area contributed by atoms with Gasteiger partial charge < -0.3 is 14.6 Å². The standard InChI is InChI=1S/C12H15IO4/c1-3-11(13)17-9-5-4-8(7-12(14)15)6-10(9)16-2/h4-6,11H,3,7H2,1-2H3,(H,14,15). The molecule has 0 aliphatic carbocycles. The predicted molar refractivity (Wildman–Crippen MR) is 73.1 cm³/mol. The summed E-state index contributed by atoms with van der Waals surface area (Å²) in [7, 11) is 1.54. The molecule has 1 unspecified atom stereocenters. The molecule has 4 nitrogen and oxygen atoms in total. The molecule has 1 atom stereocenters. The summed E-state index contributed by atoms with van der Waals surface area (Å²) in [4.78, 5) is 10.6. The van der Waals surface area contributed by atoms with Gasteiger partial charge in [-0.05, 0) is 46.7 Å². The average Bonchev–Trinajstić information content (AvgIpc) is 2.30. The van der Waals surface area contributed by atoms with Crippen LogP contribution in [0, 0.1) is 0 Å². The van der Waals surface area contributed by atoms with E-state index in [1.54, 1.807) is 25.3 Å². The number of carboxylic acid groups (broad SMARTS) is 1. The summed E-state index contributed by atoms with van der Waals surface area (Å²) in [6.07, 6.45) is 0.874. The van der Waals surface area contributed by atoms with Gasteiger partial charge in [-0.3, -0.25) is 4.79 Å². The highest BCUT2D eigenvalue weighted by atomic mass is 127. The molecule has 0 aliphatic heterocycles. The fourth-order valence-electron chi connectivity index (χ4n) is 1.32. The minimum absolute atomic E-state index is 0.0158. The van der Waals surface area contributed by atoms with Crippen LogP contribution in [0.4, 0.5) is 0 Å². The summed E-state index contributed by atoms with van der Waals surface area (Å²) >= 11 is 2.20. The van der Waals surface area contributed by atoms with Gasteiger partial charge in [-0.1, -0.05) is 13.0 Å². The van der Waals surface area contributed by atoms with Crippen LogP contribution in [0.3, 0.4) is 0 Å². The van der Waals surface area contributed by atoms with Gasteiger partial charge in [-0.2, -0.15) is 0 Å². The Bertz CT molecular complexity index is 392. The normalized spacial score (nSPS) is 11.9. The number of carboxylic acids is 1. The molecule has 0 heterocycles. The van der Waals surface area contributed by atoms with Gasteiger partial charge >= 0.3 is 5.97 Å². The van der Waals surface area contributed by atoms with Crippen molar-refractivity contribution in [2.75, 3.05) is 7.11 Å². The number of ether oxygens (including phenoxy) is 2. The molecule has 0 saturated heterocycles. The number of benzene rings is 1. The van der Waals surface area contributed by atoms with Gasteiger partial charge in [0.25, 0.3) is 0 Å². The Morgan fingerprint density at radius 1 is 1.47 bits per heavy atom. The lowest BCUT2D eigenvalue weighted by Gasteiger charge is -2.14. The first-order valence-electron chi connectivity index (χ1n) is 5.26. The molecule has 94 valence electrons. The quantitative estimate of drug-likeness (QED) is 0.633. The van der Waals surface area contributed by atoms with Gasteiger partial charge in [0.2, 0.25) is 0 Å². The second-order valence-electron chi connectivity index (χ2n) is 3.49. The summed E-state index contributed by atoms with van der Waals surface area (Å²) < 4.78 is 10.9. The van der Waals surface area contributed by atoms with E-state index in [1.165, 1.54) is 0 Å². The van der Waals surface area contributed by atoms with Crippen molar-refractivity contribution in [3.63, 3.8) is 0 Å². The predicted octanol–water partition coefficient (Wildman–Crippen LogP) is 2.87. The highest BCUT2D eigenvalue weighted by Gasteiger charge is 2.10. The number of methoxy groups -OCH3 is 1. The summed E-state index contributed by atoms with van der Waals surface area (Å²) in [5, 5.41) is 8.71. The van der Waals surface area contributed by atoms with E-state index in [2.05, 4.69) is 22.6 Å². The minimum atomic E-state index is -0.860. The maximum absolute atomic E-state index is 10.6. The monoisotopic (exact) mass is 350 g/mol. The van der Waals surface area contributed by atoms with Crippen molar-refractivity contribution in [1.82, 2.24) is 0 Å². The Labute approximate surface area is 114 Å². The zero-order valence-electron chi connectivity index (χ0n) is 9.77. The van der Waals surface area contributed by atoms with Gasteiger partial charge in [0.1, 0.15) is 4.11 Å². The number of alkyl halides is 1. The zero-order valence-corrected chi connectivity index (χ0v) is 11.9. The van der Waals surface area contributed by atoms with E-state index < -0.39 is 5.97 Å². The summed E-state index contributed by atoms with van der Waals surface area (Å²) in [6.45, 7) is 2.03. The molecule has 1 N–H and O–H groups in total. The molecule has 1 aromatic rings. The van der Waals surface area contributed by atoms with Gasteiger partial charge in [-0.15, -0.1) is 0 Å².